The van der Waals surface area contributed by atoms with E-state index in [0.29, 0.717) is 12.1 Å². The maximum atomic E-state index is 5.98. The van der Waals surface area contributed by atoms with Crippen LogP contribution in [-0.2, 0) is 0 Å². The number of nitrogens with zero attached hydrogens (tertiary/aromatic N) is 1. The fraction of sp³-hybridized carbons (Fsp3) is 0.625. The number of benzene rings is 1. The molecule has 1 aliphatic rings. The first-order valence-corrected chi connectivity index (χ1v) is 7.60. The Kier molecular flexibility index (Phi) is 5.26. The van der Waals surface area contributed by atoms with Gasteiger partial charge in [-0.05, 0) is 70.4 Å². The molecule has 0 aliphatic heterocycles. The maximum absolute atomic E-state index is 5.98. The predicted molar refractivity (Wildman–Crippen MR) is 82.7 cm³/mol. The lowest BCUT2D eigenvalue weighted by Gasteiger charge is -2.25. The number of hydrogen-bond acceptors (Lipinski definition) is 2. The monoisotopic (exact) mass is 280 g/mol. The first-order valence-electron chi connectivity index (χ1n) is 7.22. The summed E-state index contributed by atoms with van der Waals surface area (Å²) in [6, 6.07) is 9.36. The van der Waals surface area contributed by atoms with Gasteiger partial charge in [-0.1, -0.05) is 23.7 Å². The minimum absolute atomic E-state index is 0.495. The second-order valence-corrected chi connectivity index (χ2v) is 6.46. The van der Waals surface area contributed by atoms with Gasteiger partial charge < -0.3 is 10.2 Å². The van der Waals surface area contributed by atoms with Gasteiger partial charge in [0.05, 0.1) is 0 Å². The smallest absolute Gasteiger partial charge is 0.0406 e. The van der Waals surface area contributed by atoms with Gasteiger partial charge in [-0.2, -0.15) is 0 Å². The Morgan fingerprint density at radius 3 is 2.42 bits per heavy atom. The summed E-state index contributed by atoms with van der Waals surface area (Å²) in [7, 11) is 4.26. The van der Waals surface area contributed by atoms with E-state index in [1.165, 1.54) is 24.8 Å². The molecule has 0 spiro atoms. The molecule has 0 heterocycles. The van der Waals surface area contributed by atoms with Crippen molar-refractivity contribution in [2.24, 2.45) is 5.92 Å². The van der Waals surface area contributed by atoms with E-state index >= 15 is 0 Å². The zero-order valence-electron chi connectivity index (χ0n) is 12.2. The van der Waals surface area contributed by atoms with Gasteiger partial charge in [0, 0.05) is 17.1 Å². The number of nitrogens with one attached hydrogen (secondary N) is 1. The second kappa shape index (κ2) is 6.74. The Morgan fingerprint density at radius 1 is 1.26 bits per heavy atom. The first-order chi connectivity index (χ1) is 9.06. The van der Waals surface area contributed by atoms with Crippen LogP contribution < -0.4 is 5.32 Å². The Bertz CT molecular complexity index is 384. The lowest BCUT2D eigenvalue weighted by Crippen LogP contribution is -2.34. The Hall–Kier alpha value is -0.570. The highest BCUT2D eigenvalue weighted by atomic mass is 35.5. The van der Waals surface area contributed by atoms with Crippen LogP contribution in [0.4, 0.5) is 0 Å². The summed E-state index contributed by atoms with van der Waals surface area (Å²) in [5, 5.41) is 4.62. The van der Waals surface area contributed by atoms with E-state index in [9.17, 15) is 0 Å². The van der Waals surface area contributed by atoms with Gasteiger partial charge in [0.1, 0.15) is 0 Å². The molecule has 0 saturated heterocycles. The average molecular weight is 281 g/mol. The van der Waals surface area contributed by atoms with Gasteiger partial charge >= 0.3 is 0 Å². The zero-order valence-corrected chi connectivity index (χ0v) is 13.0. The van der Waals surface area contributed by atoms with E-state index in [1.54, 1.807) is 0 Å². The van der Waals surface area contributed by atoms with Crippen LogP contribution in [0.1, 0.15) is 37.8 Å². The summed E-state index contributed by atoms with van der Waals surface area (Å²) in [5.41, 5.74) is 1.38. The summed E-state index contributed by atoms with van der Waals surface area (Å²) >= 11 is 5.98. The predicted octanol–water partition coefficient (Wildman–Crippen LogP) is 3.72. The van der Waals surface area contributed by atoms with Crippen LogP contribution >= 0.6 is 11.6 Å². The molecule has 2 atom stereocenters. The van der Waals surface area contributed by atoms with Crippen LogP contribution in [0.5, 0.6) is 0 Å². The van der Waals surface area contributed by atoms with Crippen molar-refractivity contribution in [3.63, 3.8) is 0 Å². The van der Waals surface area contributed by atoms with Crippen LogP contribution in [0, 0.1) is 5.92 Å². The third-order valence-corrected chi connectivity index (χ3v) is 4.05. The van der Waals surface area contributed by atoms with E-state index in [1.807, 2.05) is 12.1 Å². The molecule has 19 heavy (non-hydrogen) atoms. The largest absolute Gasteiger partial charge is 0.309 e. The van der Waals surface area contributed by atoms with Gasteiger partial charge in [-0.15, -0.1) is 0 Å². The number of rotatable bonds is 7. The molecule has 1 aromatic carbocycles. The molecule has 1 aliphatic carbocycles. The normalized spacial score (nSPS) is 18.6. The number of hydrogen-bond donors (Lipinski definition) is 1. The lowest BCUT2D eigenvalue weighted by molar-refractivity contribution is 0.340. The molecule has 0 aromatic heterocycles. The van der Waals surface area contributed by atoms with Crippen LogP contribution in [0.25, 0.3) is 0 Å². The Labute approximate surface area is 122 Å². The molecule has 2 rings (SSSR count). The topological polar surface area (TPSA) is 15.3 Å². The highest BCUT2D eigenvalue weighted by Gasteiger charge is 2.32. The summed E-state index contributed by atoms with van der Waals surface area (Å²) in [4.78, 5) is 2.24. The SMILES string of the molecule is CC(CCN(C)C)NC(c1ccc(Cl)cc1)C1CC1. The van der Waals surface area contributed by atoms with Crippen LogP contribution in [0.15, 0.2) is 24.3 Å². The zero-order chi connectivity index (χ0) is 13.8. The second-order valence-electron chi connectivity index (χ2n) is 6.03. The third-order valence-electron chi connectivity index (χ3n) is 3.80. The summed E-state index contributed by atoms with van der Waals surface area (Å²) in [5.74, 6) is 0.808. The molecule has 2 nitrogen and oxygen atoms in total. The summed E-state index contributed by atoms with van der Waals surface area (Å²) < 4.78 is 0. The summed E-state index contributed by atoms with van der Waals surface area (Å²) in [6.07, 6.45) is 3.88. The summed E-state index contributed by atoms with van der Waals surface area (Å²) in [6.45, 7) is 3.42. The quantitative estimate of drug-likeness (QED) is 0.819. The van der Waals surface area contributed by atoms with Crippen molar-refractivity contribution < 1.29 is 0 Å². The van der Waals surface area contributed by atoms with Crippen LogP contribution in [0.2, 0.25) is 5.02 Å². The first kappa shape index (κ1) is 14.8. The molecule has 0 radical (unpaired) electrons. The lowest BCUT2D eigenvalue weighted by atomic mass is 10.0. The molecular formula is C16H25ClN2. The van der Waals surface area contributed by atoms with Crippen molar-refractivity contribution in [3.05, 3.63) is 34.9 Å². The van der Waals surface area contributed by atoms with Gasteiger partial charge in [-0.3, -0.25) is 0 Å². The molecular weight excluding hydrogens is 256 g/mol. The molecule has 3 heteroatoms. The molecule has 0 amide bonds. The molecule has 106 valence electrons. The van der Waals surface area contributed by atoms with Gasteiger partial charge in [0.2, 0.25) is 0 Å². The molecule has 1 fully saturated rings. The van der Waals surface area contributed by atoms with Crippen molar-refractivity contribution in [2.45, 2.75) is 38.3 Å². The van der Waals surface area contributed by atoms with E-state index in [2.05, 4.69) is 43.4 Å². The van der Waals surface area contributed by atoms with Crippen molar-refractivity contribution in [1.29, 1.82) is 0 Å². The maximum Gasteiger partial charge on any atom is 0.0406 e. The molecule has 1 N–H and O–H groups in total. The van der Waals surface area contributed by atoms with E-state index in [4.69, 9.17) is 11.6 Å². The van der Waals surface area contributed by atoms with Crippen molar-refractivity contribution >= 4 is 11.6 Å². The number of halogens is 1. The van der Waals surface area contributed by atoms with Gasteiger partial charge in [-0.25, -0.2) is 0 Å². The minimum Gasteiger partial charge on any atom is -0.309 e. The van der Waals surface area contributed by atoms with E-state index in [-0.39, 0.29) is 0 Å². The van der Waals surface area contributed by atoms with Gasteiger partial charge in [0.15, 0.2) is 0 Å². The molecule has 2 unspecified atom stereocenters. The standard InChI is InChI=1S/C16H25ClN2/c1-12(10-11-19(2)3)18-16(13-4-5-13)14-6-8-15(17)9-7-14/h6-9,12-13,16,18H,4-5,10-11H2,1-3H3. The van der Waals surface area contributed by atoms with Gasteiger partial charge in [0.25, 0.3) is 0 Å². The third kappa shape index (κ3) is 4.79. The highest BCUT2D eigenvalue weighted by molar-refractivity contribution is 6.30. The molecule has 0 bridgehead atoms. The Morgan fingerprint density at radius 2 is 1.89 bits per heavy atom. The Balaban J connectivity index is 1.94. The van der Waals surface area contributed by atoms with Crippen LogP contribution in [0.3, 0.4) is 0 Å². The van der Waals surface area contributed by atoms with E-state index in [0.717, 1.165) is 17.5 Å². The van der Waals surface area contributed by atoms with Crippen molar-refractivity contribution in [1.82, 2.24) is 10.2 Å². The van der Waals surface area contributed by atoms with E-state index < -0.39 is 0 Å². The minimum atomic E-state index is 0.495. The van der Waals surface area contributed by atoms with Crippen molar-refractivity contribution in [2.75, 3.05) is 20.6 Å². The molecule has 1 saturated carbocycles. The molecule has 1 aromatic rings. The van der Waals surface area contributed by atoms with Crippen molar-refractivity contribution in [3.8, 4) is 0 Å². The van der Waals surface area contributed by atoms with Crippen LogP contribution in [-0.4, -0.2) is 31.6 Å². The fourth-order valence-corrected chi connectivity index (χ4v) is 2.57. The fourth-order valence-electron chi connectivity index (χ4n) is 2.45. The highest BCUT2D eigenvalue weighted by Crippen LogP contribution is 2.41. The average Bonchev–Trinajstić information content (AvgIpc) is 3.19.